The van der Waals surface area contributed by atoms with E-state index in [9.17, 15) is 9.59 Å². The van der Waals surface area contributed by atoms with Crippen molar-refractivity contribution in [3.05, 3.63) is 45.6 Å². The summed E-state index contributed by atoms with van der Waals surface area (Å²) >= 11 is 1.58. The predicted molar refractivity (Wildman–Crippen MR) is 78.9 cm³/mol. The van der Waals surface area contributed by atoms with Gasteiger partial charge < -0.3 is 11.1 Å². The predicted octanol–water partition coefficient (Wildman–Crippen LogP) is 2.17. The van der Waals surface area contributed by atoms with E-state index in [2.05, 4.69) is 5.32 Å². The summed E-state index contributed by atoms with van der Waals surface area (Å²) in [7, 11) is 1.49. The summed E-state index contributed by atoms with van der Waals surface area (Å²) < 4.78 is 0. The number of carbonyl (C=O) groups is 2. The number of rotatable bonds is 3. The van der Waals surface area contributed by atoms with Crippen molar-refractivity contribution < 1.29 is 9.59 Å². The minimum absolute atomic E-state index is 0.251. The molecule has 0 radical (unpaired) electrons. The molecule has 3 N–H and O–H groups in total. The Balaban J connectivity index is 1.82. The number of amides is 2. The number of hydrogen-bond acceptors (Lipinski definition) is 5. The summed E-state index contributed by atoms with van der Waals surface area (Å²) in [5.41, 5.74) is 8.28. The summed E-state index contributed by atoms with van der Waals surface area (Å²) in [5, 5.41) is 5.15. The van der Waals surface area contributed by atoms with Crippen LogP contribution >= 0.6 is 11.3 Å². The molecule has 5 nitrogen and oxygen atoms in total. The zero-order valence-corrected chi connectivity index (χ0v) is 11.7. The maximum Gasteiger partial charge on any atom is 0.261 e. The Morgan fingerprint density at radius 1 is 1.20 bits per heavy atom. The molecule has 3 rings (SSSR count). The summed E-state index contributed by atoms with van der Waals surface area (Å²) in [6.07, 6.45) is 0. The van der Waals surface area contributed by atoms with E-state index in [1.807, 2.05) is 11.4 Å². The van der Waals surface area contributed by atoms with Crippen LogP contribution < -0.4 is 11.1 Å². The van der Waals surface area contributed by atoms with Crippen LogP contribution in [0.4, 0.5) is 11.4 Å². The monoisotopic (exact) mass is 287 g/mol. The van der Waals surface area contributed by atoms with E-state index < -0.39 is 0 Å². The molecule has 0 saturated carbocycles. The summed E-state index contributed by atoms with van der Waals surface area (Å²) in [4.78, 5) is 25.9. The number of carbonyl (C=O) groups excluding carboxylic acids is 2. The van der Waals surface area contributed by atoms with Gasteiger partial charge in [0.2, 0.25) is 0 Å². The van der Waals surface area contributed by atoms with Crippen molar-refractivity contribution in [3.63, 3.8) is 0 Å². The fourth-order valence-electron chi connectivity index (χ4n) is 2.15. The molecule has 1 aromatic heterocycles. The van der Waals surface area contributed by atoms with Crippen LogP contribution in [0, 0.1) is 0 Å². The third kappa shape index (κ3) is 1.94. The van der Waals surface area contributed by atoms with E-state index >= 15 is 0 Å². The third-order valence-corrected chi connectivity index (χ3v) is 4.26. The van der Waals surface area contributed by atoms with Gasteiger partial charge in [-0.05, 0) is 29.6 Å². The first-order chi connectivity index (χ1) is 9.58. The Labute approximate surface area is 120 Å². The van der Waals surface area contributed by atoms with Gasteiger partial charge in [-0.3, -0.25) is 14.5 Å². The summed E-state index contributed by atoms with van der Waals surface area (Å²) in [6, 6.07) is 7.05. The lowest BCUT2D eigenvalue weighted by atomic mass is 10.1. The van der Waals surface area contributed by atoms with Crippen LogP contribution in [0.1, 0.15) is 25.6 Å². The Morgan fingerprint density at radius 3 is 2.65 bits per heavy atom. The van der Waals surface area contributed by atoms with E-state index in [4.69, 9.17) is 5.73 Å². The number of anilines is 2. The smallest absolute Gasteiger partial charge is 0.261 e. The standard InChI is InChI=1S/C14H13N3O2S/c1-17-13(18)9-3-2-8(6-10(9)14(17)19)16-7-12-11(15)4-5-20-12/h2-6,16H,7,15H2,1H3. The summed E-state index contributed by atoms with van der Waals surface area (Å²) in [6.45, 7) is 0.597. The number of fused-ring (bicyclic) bond motifs is 1. The number of thiophene rings is 1. The Bertz CT molecular complexity index is 708. The molecule has 0 saturated heterocycles. The molecule has 6 heteroatoms. The van der Waals surface area contributed by atoms with Gasteiger partial charge in [0.15, 0.2) is 0 Å². The molecule has 1 aliphatic rings. The maximum atomic E-state index is 11.9. The average molecular weight is 287 g/mol. The number of nitrogens with one attached hydrogen (secondary N) is 1. The number of benzene rings is 1. The number of nitrogen functional groups attached to an aromatic ring is 1. The highest BCUT2D eigenvalue weighted by molar-refractivity contribution is 7.10. The Morgan fingerprint density at radius 2 is 1.95 bits per heavy atom. The Kier molecular flexibility index (Phi) is 2.94. The van der Waals surface area contributed by atoms with Gasteiger partial charge in [-0.15, -0.1) is 11.3 Å². The SMILES string of the molecule is CN1C(=O)c2ccc(NCc3sccc3N)cc2C1=O. The fourth-order valence-corrected chi connectivity index (χ4v) is 2.89. The molecular weight excluding hydrogens is 274 g/mol. The molecule has 0 unspecified atom stereocenters. The topological polar surface area (TPSA) is 75.4 Å². The second-order valence-electron chi connectivity index (χ2n) is 4.58. The van der Waals surface area contributed by atoms with E-state index in [-0.39, 0.29) is 11.8 Å². The lowest BCUT2D eigenvalue weighted by Gasteiger charge is -2.06. The summed E-state index contributed by atoms with van der Waals surface area (Å²) in [5.74, 6) is -0.511. The van der Waals surface area contributed by atoms with E-state index in [0.717, 1.165) is 21.2 Å². The van der Waals surface area contributed by atoms with Gasteiger partial charge in [0.05, 0.1) is 17.7 Å². The molecule has 0 aliphatic carbocycles. The second-order valence-corrected chi connectivity index (χ2v) is 5.58. The van der Waals surface area contributed by atoms with Crippen LogP contribution in [0.15, 0.2) is 29.6 Å². The molecule has 0 atom stereocenters. The van der Waals surface area contributed by atoms with E-state index in [0.29, 0.717) is 17.7 Å². The van der Waals surface area contributed by atoms with Gasteiger partial charge in [0.25, 0.3) is 11.8 Å². The van der Waals surface area contributed by atoms with Crippen molar-refractivity contribution in [1.29, 1.82) is 0 Å². The first kappa shape index (κ1) is 12.7. The van der Waals surface area contributed by atoms with Crippen molar-refractivity contribution in [3.8, 4) is 0 Å². The normalized spacial score (nSPS) is 13.8. The molecule has 2 aromatic rings. The van der Waals surface area contributed by atoms with Crippen LogP contribution in [-0.4, -0.2) is 23.8 Å². The number of imide groups is 1. The molecule has 102 valence electrons. The molecule has 0 fully saturated rings. The molecular formula is C14H13N3O2S. The van der Waals surface area contributed by atoms with E-state index in [1.165, 1.54) is 7.05 Å². The van der Waals surface area contributed by atoms with Crippen molar-refractivity contribution in [1.82, 2.24) is 4.90 Å². The van der Waals surface area contributed by atoms with E-state index in [1.54, 1.807) is 29.5 Å². The van der Waals surface area contributed by atoms with Crippen LogP contribution in [0.3, 0.4) is 0 Å². The van der Waals surface area contributed by atoms with Gasteiger partial charge in [0.1, 0.15) is 0 Å². The lowest BCUT2D eigenvalue weighted by Crippen LogP contribution is -2.24. The molecule has 0 bridgehead atoms. The third-order valence-electron chi connectivity index (χ3n) is 3.32. The van der Waals surface area contributed by atoms with Crippen LogP contribution in [0.2, 0.25) is 0 Å². The lowest BCUT2D eigenvalue weighted by molar-refractivity contribution is 0.0693. The highest BCUT2D eigenvalue weighted by atomic mass is 32.1. The maximum absolute atomic E-state index is 11.9. The minimum atomic E-state index is -0.260. The number of nitrogens with zero attached hydrogens (tertiary/aromatic N) is 1. The Hall–Kier alpha value is -2.34. The highest BCUT2D eigenvalue weighted by Crippen LogP contribution is 2.26. The molecule has 1 aliphatic heterocycles. The van der Waals surface area contributed by atoms with Crippen molar-refractivity contribution >= 4 is 34.5 Å². The quantitative estimate of drug-likeness (QED) is 0.848. The van der Waals surface area contributed by atoms with Crippen molar-refractivity contribution in [2.45, 2.75) is 6.54 Å². The van der Waals surface area contributed by atoms with Gasteiger partial charge >= 0.3 is 0 Å². The molecule has 2 heterocycles. The molecule has 1 aromatic carbocycles. The average Bonchev–Trinajstić information content (AvgIpc) is 2.95. The zero-order chi connectivity index (χ0) is 14.3. The minimum Gasteiger partial charge on any atom is -0.398 e. The molecule has 0 spiro atoms. The first-order valence-corrected chi connectivity index (χ1v) is 6.98. The van der Waals surface area contributed by atoms with Crippen LogP contribution in [-0.2, 0) is 6.54 Å². The fraction of sp³-hybridized carbons (Fsp3) is 0.143. The largest absolute Gasteiger partial charge is 0.398 e. The first-order valence-electron chi connectivity index (χ1n) is 6.10. The van der Waals surface area contributed by atoms with Crippen LogP contribution in [0.25, 0.3) is 0 Å². The van der Waals surface area contributed by atoms with Crippen molar-refractivity contribution in [2.75, 3.05) is 18.1 Å². The van der Waals surface area contributed by atoms with Crippen LogP contribution in [0.5, 0.6) is 0 Å². The molecule has 2 amide bonds. The van der Waals surface area contributed by atoms with Gasteiger partial charge in [-0.1, -0.05) is 0 Å². The highest BCUT2D eigenvalue weighted by Gasteiger charge is 2.32. The van der Waals surface area contributed by atoms with Crippen molar-refractivity contribution in [2.24, 2.45) is 0 Å². The second kappa shape index (κ2) is 4.64. The molecule has 20 heavy (non-hydrogen) atoms. The number of nitrogens with two attached hydrogens (primary N) is 1. The zero-order valence-electron chi connectivity index (χ0n) is 10.8. The van der Waals surface area contributed by atoms with Gasteiger partial charge in [-0.25, -0.2) is 0 Å². The van der Waals surface area contributed by atoms with Gasteiger partial charge in [-0.2, -0.15) is 0 Å². The van der Waals surface area contributed by atoms with Gasteiger partial charge in [0, 0.05) is 23.3 Å². The number of hydrogen-bond donors (Lipinski definition) is 2.